The van der Waals surface area contributed by atoms with E-state index in [0.717, 1.165) is 96.3 Å². The fraction of sp³-hybridized carbons (Fsp3) is 0.500. The number of hydrogen-bond acceptors (Lipinski definition) is 7. The number of nitrogens with two attached hydrogens (primary N) is 3. The summed E-state index contributed by atoms with van der Waals surface area (Å²) in [5, 5.41) is 28.5. The van der Waals surface area contributed by atoms with Crippen molar-refractivity contribution in [2.24, 2.45) is 17.2 Å². The Hall–Kier alpha value is -5.36. The van der Waals surface area contributed by atoms with Crippen molar-refractivity contribution >= 4 is 23.8 Å². The lowest BCUT2D eigenvalue weighted by atomic mass is 10.1. The van der Waals surface area contributed by atoms with Crippen LogP contribution in [0.3, 0.4) is 0 Å². The van der Waals surface area contributed by atoms with Crippen LogP contribution in [0, 0.1) is 0 Å². The van der Waals surface area contributed by atoms with E-state index in [2.05, 4.69) is 141 Å². The highest BCUT2D eigenvalue weighted by molar-refractivity contribution is 5.86. The molecule has 0 aromatic carbocycles. The normalized spacial score (nSPS) is 13.3. The Labute approximate surface area is 405 Å². The van der Waals surface area contributed by atoms with Crippen molar-refractivity contribution in [3.05, 3.63) is 146 Å². The Balaban J connectivity index is -0.000000925. The summed E-state index contributed by atoms with van der Waals surface area (Å²) in [4.78, 5) is 43.4. The standard InChI is InChI=1S/2C22H32O2.C12H26N4O3/c2*1-2-3-4-5-6-7-8-9-10-11-12-13-14-15-16-17-18-19-20-21-22(23)24;13-7-3-1-5-9(15)11(17)16-10(12(18)19)6-2-4-8-14/h2*3-4,6-7,9-10,12-13,15-16,18-19H,2,5,8,11,14,17,20-21H2,1H3,(H,23,24);9-10H,1-8,13-15H2,(H,16,17)(H,18,19)/b2*4-3-,7-6-,10-9-,13-12-,16-15-,19-18-;/t;;9-,10-/m..0/s1. The van der Waals surface area contributed by atoms with Gasteiger partial charge in [-0.05, 0) is 135 Å². The van der Waals surface area contributed by atoms with Gasteiger partial charge in [0.05, 0.1) is 6.04 Å². The number of carbonyl (C=O) groups is 4. The Morgan fingerprint density at radius 3 is 0.940 bits per heavy atom. The summed E-state index contributed by atoms with van der Waals surface area (Å²) in [6, 6.07) is -1.57. The lowest BCUT2D eigenvalue weighted by Crippen LogP contribution is -2.48. The molecule has 0 aromatic rings. The average molecular weight is 931 g/mol. The molecule has 11 heteroatoms. The maximum Gasteiger partial charge on any atom is 0.326 e. The number of carbonyl (C=O) groups excluding carboxylic acids is 1. The molecule has 0 aliphatic carbocycles. The number of unbranched alkanes of at least 4 members (excludes halogenated alkanes) is 2. The first-order valence-electron chi connectivity index (χ1n) is 24.5. The van der Waals surface area contributed by atoms with Gasteiger partial charge in [-0.25, -0.2) is 4.79 Å². The molecule has 0 radical (unpaired) electrons. The van der Waals surface area contributed by atoms with Gasteiger partial charge >= 0.3 is 17.9 Å². The quantitative estimate of drug-likeness (QED) is 0.0228. The third-order valence-corrected chi connectivity index (χ3v) is 9.11. The number of carboxylic acid groups (broad SMARTS) is 3. The Morgan fingerprint density at radius 2 is 0.687 bits per heavy atom. The zero-order valence-corrected chi connectivity index (χ0v) is 41.2. The summed E-state index contributed by atoms with van der Waals surface area (Å²) in [5.74, 6) is -2.94. The molecule has 0 aliphatic heterocycles. The molecule has 0 saturated heterocycles. The molecule has 0 saturated carbocycles. The van der Waals surface area contributed by atoms with E-state index in [1.807, 2.05) is 24.3 Å². The van der Waals surface area contributed by atoms with Crippen molar-refractivity contribution in [3.63, 3.8) is 0 Å². The zero-order valence-electron chi connectivity index (χ0n) is 41.2. The van der Waals surface area contributed by atoms with Crippen LogP contribution in [0.1, 0.15) is 155 Å². The van der Waals surface area contributed by atoms with E-state index in [9.17, 15) is 19.2 Å². The number of hydrogen-bond donors (Lipinski definition) is 7. The minimum Gasteiger partial charge on any atom is -0.481 e. The van der Waals surface area contributed by atoms with Crippen molar-refractivity contribution in [2.75, 3.05) is 13.1 Å². The van der Waals surface area contributed by atoms with Gasteiger partial charge < -0.3 is 37.8 Å². The number of rotatable bonds is 39. The van der Waals surface area contributed by atoms with Gasteiger partial charge in [-0.15, -0.1) is 0 Å². The Kier molecular flexibility index (Phi) is 55.9. The fourth-order valence-electron chi connectivity index (χ4n) is 5.36. The Bertz CT molecular complexity index is 1480. The van der Waals surface area contributed by atoms with Crippen molar-refractivity contribution in [1.82, 2.24) is 5.32 Å². The third-order valence-electron chi connectivity index (χ3n) is 9.11. The molecule has 0 rings (SSSR count). The fourth-order valence-corrected chi connectivity index (χ4v) is 5.36. The van der Waals surface area contributed by atoms with Gasteiger partial charge in [0.2, 0.25) is 5.91 Å². The minimum atomic E-state index is -1.04. The molecule has 10 N–H and O–H groups in total. The van der Waals surface area contributed by atoms with Gasteiger partial charge in [0.25, 0.3) is 0 Å². The zero-order chi connectivity index (χ0) is 50.1. The summed E-state index contributed by atoms with van der Waals surface area (Å²) >= 11 is 0. The van der Waals surface area contributed by atoms with Gasteiger partial charge in [0.1, 0.15) is 6.04 Å². The van der Waals surface area contributed by atoms with Crippen LogP contribution in [-0.2, 0) is 19.2 Å². The Morgan fingerprint density at radius 1 is 0.418 bits per heavy atom. The summed E-state index contributed by atoms with van der Waals surface area (Å²) in [6.45, 7) is 5.37. The summed E-state index contributed by atoms with van der Waals surface area (Å²) in [7, 11) is 0. The second-order valence-corrected chi connectivity index (χ2v) is 15.3. The van der Waals surface area contributed by atoms with Crippen molar-refractivity contribution in [2.45, 2.75) is 167 Å². The third kappa shape index (κ3) is 60.6. The van der Waals surface area contributed by atoms with Crippen LogP contribution in [0.5, 0.6) is 0 Å². The van der Waals surface area contributed by atoms with Gasteiger partial charge in [0.15, 0.2) is 0 Å². The monoisotopic (exact) mass is 931 g/mol. The SMILES string of the molecule is CC/C=C\C/C=C\C/C=C\C/C=C\C/C=C\C/C=C\CCC(=O)O.CC/C=C\C/C=C\C/C=C\C/C=C\C/C=C\C/C=C\CCC(=O)O.NCCCC[C@H](NC(=O)[C@@H](N)CCCCN)C(=O)O. The van der Waals surface area contributed by atoms with Crippen LogP contribution >= 0.6 is 0 Å². The van der Waals surface area contributed by atoms with Gasteiger partial charge in [-0.2, -0.15) is 0 Å². The number of allylic oxidation sites excluding steroid dienone is 24. The molecule has 0 unspecified atom stereocenters. The maximum atomic E-state index is 11.7. The molecule has 0 aliphatic rings. The number of nitrogens with one attached hydrogen (secondary N) is 1. The highest BCUT2D eigenvalue weighted by atomic mass is 16.4. The van der Waals surface area contributed by atoms with Gasteiger partial charge in [-0.1, -0.05) is 166 Å². The molecule has 0 fully saturated rings. The van der Waals surface area contributed by atoms with Crippen LogP contribution in [0.2, 0.25) is 0 Å². The predicted molar refractivity (Wildman–Crippen MR) is 284 cm³/mol. The number of amides is 1. The topological polar surface area (TPSA) is 219 Å². The highest BCUT2D eigenvalue weighted by Crippen LogP contribution is 2.04. The van der Waals surface area contributed by atoms with E-state index in [1.54, 1.807) is 0 Å². The number of carboxylic acids is 3. The number of aliphatic carboxylic acids is 3. The van der Waals surface area contributed by atoms with E-state index < -0.39 is 35.9 Å². The molecule has 0 aromatic heterocycles. The highest BCUT2D eigenvalue weighted by Gasteiger charge is 2.22. The van der Waals surface area contributed by atoms with Crippen molar-refractivity contribution in [1.29, 1.82) is 0 Å². The van der Waals surface area contributed by atoms with E-state index >= 15 is 0 Å². The van der Waals surface area contributed by atoms with Crippen LogP contribution in [0.25, 0.3) is 0 Å². The van der Waals surface area contributed by atoms with E-state index in [-0.39, 0.29) is 12.8 Å². The lowest BCUT2D eigenvalue weighted by molar-refractivity contribution is -0.142. The first kappa shape index (κ1) is 65.9. The van der Waals surface area contributed by atoms with Crippen LogP contribution in [0.15, 0.2) is 146 Å². The smallest absolute Gasteiger partial charge is 0.326 e. The molecule has 67 heavy (non-hydrogen) atoms. The lowest BCUT2D eigenvalue weighted by Gasteiger charge is -2.17. The van der Waals surface area contributed by atoms with Gasteiger partial charge in [-0.3, -0.25) is 14.4 Å². The minimum absolute atomic E-state index is 0.210. The summed E-state index contributed by atoms with van der Waals surface area (Å²) in [5.41, 5.74) is 16.4. The van der Waals surface area contributed by atoms with E-state index in [0.29, 0.717) is 45.2 Å². The van der Waals surface area contributed by atoms with Gasteiger partial charge in [0, 0.05) is 12.8 Å². The van der Waals surface area contributed by atoms with Crippen LogP contribution < -0.4 is 22.5 Å². The molecule has 0 bridgehead atoms. The largest absolute Gasteiger partial charge is 0.481 e. The molecule has 0 heterocycles. The second-order valence-electron chi connectivity index (χ2n) is 15.3. The van der Waals surface area contributed by atoms with Crippen LogP contribution in [0.4, 0.5) is 0 Å². The first-order chi connectivity index (χ1) is 32.6. The molecule has 376 valence electrons. The summed E-state index contributed by atoms with van der Waals surface area (Å²) in [6.07, 6.45) is 68.8. The molecular weight excluding hydrogens is 841 g/mol. The maximum absolute atomic E-state index is 11.7. The molecule has 11 nitrogen and oxygen atoms in total. The van der Waals surface area contributed by atoms with Crippen molar-refractivity contribution < 1.29 is 34.5 Å². The van der Waals surface area contributed by atoms with Crippen molar-refractivity contribution in [3.8, 4) is 0 Å². The molecular formula is C56H90N4O7. The van der Waals surface area contributed by atoms with Crippen LogP contribution in [-0.4, -0.2) is 64.3 Å². The van der Waals surface area contributed by atoms with E-state index in [1.165, 1.54) is 0 Å². The first-order valence-corrected chi connectivity index (χ1v) is 24.5. The summed E-state index contributed by atoms with van der Waals surface area (Å²) < 4.78 is 0. The average Bonchev–Trinajstić information content (AvgIpc) is 3.30. The predicted octanol–water partition coefficient (Wildman–Crippen LogP) is 12.2. The molecule has 2 atom stereocenters. The molecule has 0 spiro atoms. The second kappa shape index (κ2) is 56.8. The van der Waals surface area contributed by atoms with E-state index in [4.69, 9.17) is 32.5 Å². The molecule has 1 amide bonds.